The Hall–Kier alpha value is -5.00. The number of methoxy groups -OCH3 is 1. The average molecular weight is 624 g/mol. The molecule has 11 heteroatoms. The largest absolute Gasteiger partial charge is 0.497 e. The number of benzene rings is 4. The van der Waals surface area contributed by atoms with Crippen molar-refractivity contribution in [3.8, 4) is 5.75 Å². The number of piperazine rings is 1. The van der Waals surface area contributed by atoms with E-state index >= 15 is 0 Å². The predicted octanol–water partition coefficient (Wildman–Crippen LogP) is 4.92. The van der Waals surface area contributed by atoms with E-state index in [1.165, 1.54) is 25.3 Å². The molecule has 1 fully saturated rings. The van der Waals surface area contributed by atoms with Gasteiger partial charge in [-0.15, -0.1) is 0 Å². The maximum Gasteiger partial charge on any atom is 0.261 e. The van der Waals surface area contributed by atoms with E-state index in [-0.39, 0.29) is 22.3 Å². The number of hydrogen-bond acceptors (Lipinski definition) is 8. The molecule has 2 heterocycles. The maximum atomic E-state index is 13.4. The molecule has 4 aromatic rings. The van der Waals surface area contributed by atoms with Crippen LogP contribution in [0.3, 0.4) is 0 Å². The number of aliphatic imine (C=N–C) groups is 1. The molecule has 4 aromatic carbocycles. The van der Waals surface area contributed by atoms with E-state index < -0.39 is 15.9 Å². The zero-order valence-electron chi connectivity index (χ0n) is 24.9. The van der Waals surface area contributed by atoms with Crippen LogP contribution in [0.15, 0.2) is 101 Å². The number of likely N-dealkylation sites (N-methyl/N-ethyl adjacent to an activating group) is 1. The quantitative estimate of drug-likeness (QED) is 0.201. The van der Waals surface area contributed by atoms with E-state index in [1.54, 1.807) is 54.7 Å². The zero-order valence-corrected chi connectivity index (χ0v) is 25.8. The summed E-state index contributed by atoms with van der Waals surface area (Å²) in [4.78, 5) is 35.6. The summed E-state index contributed by atoms with van der Waals surface area (Å²) in [5, 5.41) is 2.86. The molecule has 2 N–H and O–H groups in total. The lowest BCUT2D eigenvalue weighted by Crippen LogP contribution is -2.44. The summed E-state index contributed by atoms with van der Waals surface area (Å²) < 4.78 is 33.4. The summed E-state index contributed by atoms with van der Waals surface area (Å²) in [5.74, 6) is -0.577. The van der Waals surface area contributed by atoms with E-state index in [4.69, 9.17) is 4.74 Å². The SMILES string of the molecule is COc1ccc(S(=O)(=O)Nc2cccc(C(=O)c3ccc4c(c3)NC(=O)C4C=Nc3ccc(N4CCN(C)CC4)cc3)c2)cc1. The van der Waals surface area contributed by atoms with Crippen molar-refractivity contribution in [2.45, 2.75) is 10.8 Å². The number of ketones is 1. The molecule has 10 nitrogen and oxygen atoms in total. The van der Waals surface area contributed by atoms with Crippen molar-refractivity contribution in [3.63, 3.8) is 0 Å². The van der Waals surface area contributed by atoms with Crippen molar-refractivity contribution in [1.29, 1.82) is 0 Å². The van der Waals surface area contributed by atoms with Gasteiger partial charge in [-0.2, -0.15) is 0 Å². The molecule has 0 aromatic heterocycles. The molecular weight excluding hydrogens is 590 g/mol. The summed E-state index contributed by atoms with van der Waals surface area (Å²) in [6, 6.07) is 25.4. The number of ether oxygens (including phenoxy) is 1. The molecule has 0 radical (unpaired) electrons. The fraction of sp³-hybridized carbons (Fsp3) is 0.206. The van der Waals surface area contributed by atoms with Gasteiger partial charge in [0.05, 0.1) is 17.7 Å². The Morgan fingerprint density at radius 1 is 0.933 bits per heavy atom. The molecule has 1 atom stereocenters. The number of hydrogen-bond donors (Lipinski definition) is 2. The van der Waals surface area contributed by atoms with Crippen LogP contribution >= 0.6 is 0 Å². The van der Waals surface area contributed by atoms with Gasteiger partial charge in [-0.25, -0.2) is 8.42 Å². The third-order valence-electron chi connectivity index (χ3n) is 8.03. The molecule has 1 amide bonds. The Morgan fingerprint density at radius 3 is 2.36 bits per heavy atom. The molecule has 1 saturated heterocycles. The topological polar surface area (TPSA) is 120 Å². The third kappa shape index (κ3) is 6.59. The Labute approximate surface area is 262 Å². The molecule has 230 valence electrons. The predicted molar refractivity (Wildman–Crippen MR) is 176 cm³/mol. The van der Waals surface area contributed by atoms with Crippen LogP contribution in [0.5, 0.6) is 5.75 Å². The highest BCUT2D eigenvalue weighted by molar-refractivity contribution is 7.92. The normalized spacial score (nSPS) is 16.8. The standard InChI is InChI=1S/C34H33N5O5S/c1-38-16-18-39(19-17-38)27-9-7-25(8-10-27)35-22-31-30-15-6-24(21-32(30)36-34(31)41)33(40)23-4-3-5-26(20-23)37-45(42,43)29-13-11-28(44-2)12-14-29/h3-15,20-22,31,37H,16-19H2,1-2H3,(H,36,41). The van der Waals surface area contributed by atoms with Crippen molar-refractivity contribution in [1.82, 2.24) is 4.90 Å². The number of fused-ring (bicyclic) bond motifs is 1. The molecule has 2 aliphatic heterocycles. The van der Waals surface area contributed by atoms with Crippen molar-refractivity contribution < 1.29 is 22.7 Å². The first kappa shape index (κ1) is 30.0. The van der Waals surface area contributed by atoms with E-state index in [9.17, 15) is 18.0 Å². The molecule has 0 aliphatic carbocycles. The lowest BCUT2D eigenvalue weighted by molar-refractivity contribution is -0.115. The molecule has 2 aliphatic rings. The van der Waals surface area contributed by atoms with Crippen molar-refractivity contribution >= 4 is 50.7 Å². The summed E-state index contributed by atoms with van der Waals surface area (Å²) >= 11 is 0. The Morgan fingerprint density at radius 2 is 1.64 bits per heavy atom. The number of nitrogens with one attached hydrogen (secondary N) is 2. The minimum Gasteiger partial charge on any atom is -0.497 e. The van der Waals surface area contributed by atoms with Gasteiger partial charge in [0.2, 0.25) is 5.91 Å². The van der Waals surface area contributed by atoms with Crippen LogP contribution in [0.2, 0.25) is 0 Å². The van der Waals surface area contributed by atoms with Gasteiger partial charge in [0.15, 0.2) is 5.78 Å². The van der Waals surface area contributed by atoms with E-state index in [0.29, 0.717) is 22.6 Å². The lowest BCUT2D eigenvalue weighted by Gasteiger charge is -2.34. The highest BCUT2D eigenvalue weighted by atomic mass is 32.2. The molecule has 0 bridgehead atoms. The number of nitrogens with zero attached hydrogens (tertiary/aromatic N) is 3. The first-order valence-corrected chi connectivity index (χ1v) is 16.0. The Bertz CT molecular complexity index is 1870. The minimum absolute atomic E-state index is 0.0650. The maximum absolute atomic E-state index is 13.4. The van der Waals surface area contributed by atoms with Crippen LogP contribution < -0.4 is 19.7 Å². The number of anilines is 3. The number of carbonyl (C=O) groups excluding carboxylic acids is 2. The van der Waals surface area contributed by atoms with Crippen LogP contribution in [0, 0.1) is 0 Å². The van der Waals surface area contributed by atoms with Crippen LogP contribution in [-0.2, 0) is 14.8 Å². The van der Waals surface area contributed by atoms with Gasteiger partial charge in [0.1, 0.15) is 11.7 Å². The van der Waals surface area contributed by atoms with Crippen LogP contribution in [0.1, 0.15) is 27.4 Å². The zero-order chi connectivity index (χ0) is 31.6. The second-order valence-electron chi connectivity index (χ2n) is 11.0. The van der Waals surface area contributed by atoms with Crippen LogP contribution in [0.25, 0.3) is 0 Å². The van der Waals surface area contributed by atoms with Gasteiger partial charge in [-0.05, 0) is 79.3 Å². The fourth-order valence-electron chi connectivity index (χ4n) is 5.41. The first-order valence-electron chi connectivity index (χ1n) is 14.5. The molecule has 45 heavy (non-hydrogen) atoms. The molecule has 1 unspecified atom stereocenters. The van der Waals surface area contributed by atoms with Gasteiger partial charge in [-0.1, -0.05) is 24.3 Å². The highest BCUT2D eigenvalue weighted by Crippen LogP contribution is 2.34. The number of rotatable bonds is 9. The van der Waals surface area contributed by atoms with Gasteiger partial charge < -0.3 is 19.9 Å². The summed E-state index contributed by atoms with van der Waals surface area (Å²) in [5.41, 5.74) is 4.10. The van der Waals surface area contributed by atoms with Gasteiger partial charge in [0.25, 0.3) is 10.0 Å². The summed E-state index contributed by atoms with van der Waals surface area (Å²) in [6.07, 6.45) is 1.63. The van der Waals surface area contributed by atoms with Crippen LogP contribution in [0.4, 0.5) is 22.7 Å². The smallest absolute Gasteiger partial charge is 0.261 e. The van der Waals surface area contributed by atoms with Gasteiger partial charge in [0, 0.05) is 60.6 Å². The Balaban J connectivity index is 1.14. The number of sulfonamides is 1. The van der Waals surface area contributed by atoms with Crippen molar-refractivity contribution in [3.05, 3.63) is 108 Å². The number of amides is 1. The van der Waals surface area contributed by atoms with Crippen molar-refractivity contribution in [2.24, 2.45) is 4.99 Å². The summed E-state index contributed by atoms with van der Waals surface area (Å²) in [6.45, 7) is 4.03. The Kier molecular flexibility index (Phi) is 8.38. The van der Waals surface area contributed by atoms with Gasteiger partial charge in [-0.3, -0.25) is 19.3 Å². The highest BCUT2D eigenvalue weighted by Gasteiger charge is 2.30. The monoisotopic (exact) mass is 623 g/mol. The fourth-order valence-corrected chi connectivity index (χ4v) is 6.46. The average Bonchev–Trinajstić information content (AvgIpc) is 3.37. The second-order valence-corrected chi connectivity index (χ2v) is 12.7. The van der Waals surface area contributed by atoms with Crippen LogP contribution in [-0.4, -0.2) is 71.6 Å². The van der Waals surface area contributed by atoms with Crippen molar-refractivity contribution in [2.75, 3.05) is 55.3 Å². The molecule has 0 saturated carbocycles. The second kappa shape index (κ2) is 12.5. The van der Waals surface area contributed by atoms with Gasteiger partial charge >= 0.3 is 0 Å². The molecule has 0 spiro atoms. The van der Waals surface area contributed by atoms with E-state index in [2.05, 4.69) is 44.0 Å². The number of carbonyl (C=O) groups is 2. The van der Waals surface area contributed by atoms with E-state index in [1.807, 2.05) is 12.1 Å². The minimum atomic E-state index is -3.88. The molecule has 6 rings (SSSR count). The summed E-state index contributed by atoms with van der Waals surface area (Å²) in [7, 11) is -0.250. The lowest BCUT2D eigenvalue weighted by atomic mass is 9.97. The first-order chi connectivity index (χ1) is 21.7. The molecular formula is C34H33N5O5S. The van der Waals surface area contributed by atoms with E-state index in [0.717, 1.165) is 43.1 Å². The third-order valence-corrected chi connectivity index (χ3v) is 9.43.